The Balaban J connectivity index is 1.33. The monoisotopic (exact) mass is 408 g/mol. The van der Waals surface area contributed by atoms with Crippen molar-refractivity contribution < 1.29 is 14.3 Å². The third-order valence-electron chi connectivity index (χ3n) is 5.66. The molecule has 2 aliphatic rings. The van der Waals surface area contributed by atoms with Crippen LogP contribution in [0.15, 0.2) is 42.5 Å². The second-order valence-electron chi connectivity index (χ2n) is 7.70. The number of methoxy groups -OCH3 is 1. The standard InChI is InChI=1S/C23H28N4O3/c1-30-21-15-18(8-11-20(21)27-14-4-5-22(27)28)25-23(29)24-16-17-6-9-19(10-7-17)26-12-2-3-13-26/h6-11,15H,2-5,12-14,16H2,1H3,(H2,24,25,29). The van der Waals surface area contributed by atoms with E-state index in [1.807, 2.05) is 6.07 Å². The normalized spacial score (nSPS) is 16.1. The van der Waals surface area contributed by atoms with E-state index in [0.717, 1.165) is 30.8 Å². The molecule has 2 aliphatic heterocycles. The van der Waals surface area contributed by atoms with E-state index in [1.54, 1.807) is 24.1 Å². The second-order valence-corrected chi connectivity index (χ2v) is 7.70. The number of benzene rings is 2. The fourth-order valence-corrected chi connectivity index (χ4v) is 4.04. The van der Waals surface area contributed by atoms with Crippen LogP contribution in [0, 0.1) is 0 Å². The lowest BCUT2D eigenvalue weighted by atomic mass is 10.2. The molecule has 2 fully saturated rings. The van der Waals surface area contributed by atoms with E-state index in [1.165, 1.54) is 18.5 Å². The van der Waals surface area contributed by atoms with Crippen molar-refractivity contribution in [3.05, 3.63) is 48.0 Å². The van der Waals surface area contributed by atoms with Gasteiger partial charge in [0.25, 0.3) is 0 Å². The highest BCUT2D eigenvalue weighted by Crippen LogP contribution is 2.33. The molecule has 2 heterocycles. The lowest BCUT2D eigenvalue weighted by Gasteiger charge is -2.20. The summed E-state index contributed by atoms with van der Waals surface area (Å²) >= 11 is 0. The largest absolute Gasteiger partial charge is 0.494 e. The molecule has 2 aromatic carbocycles. The summed E-state index contributed by atoms with van der Waals surface area (Å²) in [6.07, 6.45) is 3.92. The van der Waals surface area contributed by atoms with E-state index in [0.29, 0.717) is 30.9 Å². The summed E-state index contributed by atoms with van der Waals surface area (Å²) in [5.74, 6) is 0.669. The van der Waals surface area contributed by atoms with E-state index in [9.17, 15) is 9.59 Å². The van der Waals surface area contributed by atoms with Gasteiger partial charge in [-0.05, 0) is 49.1 Å². The zero-order valence-corrected chi connectivity index (χ0v) is 17.3. The van der Waals surface area contributed by atoms with Gasteiger partial charge in [-0.15, -0.1) is 0 Å². The highest BCUT2D eigenvalue weighted by Gasteiger charge is 2.24. The van der Waals surface area contributed by atoms with E-state index in [-0.39, 0.29) is 11.9 Å². The molecule has 30 heavy (non-hydrogen) atoms. The molecule has 0 spiro atoms. The third-order valence-corrected chi connectivity index (χ3v) is 5.66. The van der Waals surface area contributed by atoms with Crippen molar-refractivity contribution in [2.75, 3.05) is 41.9 Å². The number of ether oxygens (including phenoxy) is 1. The maximum atomic E-state index is 12.3. The van der Waals surface area contributed by atoms with Gasteiger partial charge in [-0.25, -0.2) is 4.79 Å². The number of nitrogens with zero attached hydrogens (tertiary/aromatic N) is 2. The Hall–Kier alpha value is -3.22. The van der Waals surface area contributed by atoms with Crippen molar-refractivity contribution in [3.8, 4) is 5.75 Å². The molecule has 7 nitrogen and oxygen atoms in total. The van der Waals surface area contributed by atoms with Crippen LogP contribution in [0.3, 0.4) is 0 Å². The van der Waals surface area contributed by atoms with Gasteiger partial charge in [0.1, 0.15) is 5.75 Å². The maximum Gasteiger partial charge on any atom is 0.319 e. The number of nitrogens with one attached hydrogen (secondary N) is 2. The molecule has 158 valence electrons. The molecular weight excluding hydrogens is 380 g/mol. The zero-order chi connectivity index (χ0) is 20.9. The van der Waals surface area contributed by atoms with Gasteiger partial charge in [0.2, 0.25) is 5.91 Å². The molecule has 2 N–H and O–H groups in total. The van der Waals surface area contributed by atoms with Crippen molar-refractivity contribution >= 4 is 29.0 Å². The minimum absolute atomic E-state index is 0.0995. The first kappa shape index (κ1) is 20.1. The Morgan fingerprint density at radius 2 is 1.80 bits per heavy atom. The highest BCUT2D eigenvalue weighted by atomic mass is 16.5. The Labute approximate surface area is 177 Å². The first-order chi connectivity index (χ1) is 14.6. The molecule has 2 aromatic rings. The molecule has 0 atom stereocenters. The topological polar surface area (TPSA) is 73.9 Å². The van der Waals surface area contributed by atoms with Crippen LogP contribution in [0.2, 0.25) is 0 Å². The fourth-order valence-electron chi connectivity index (χ4n) is 4.04. The summed E-state index contributed by atoms with van der Waals surface area (Å²) < 4.78 is 5.44. The van der Waals surface area contributed by atoms with Gasteiger partial charge in [-0.1, -0.05) is 12.1 Å². The molecule has 0 bridgehead atoms. The van der Waals surface area contributed by atoms with E-state index < -0.39 is 0 Å². The smallest absolute Gasteiger partial charge is 0.319 e. The average molecular weight is 409 g/mol. The minimum Gasteiger partial charge on any atom is -0.494 e. The van der Waals surface area contributed by atoms with Crippen LogP contribution in [-0.2, 0) is 11.3 Å². The number of urea groups is 1. The van der Waals surface area contributed by atoms with E-state index in [4.69, 9.17) is 4.74 Å². The van der Waals surface area contributed by atoms with Gasteiger partial charge in [0.15, 0.2) is 0 Å². The van der Waals surface area contributed by atoms with Gasteiger partial charge in [-0.3, -0.25) is 4.79 Å². The maximum absolute atomic E-state index is 12.3. The number of rotatable bonds is 6. The molecule has 3 amide bonds. The van der Waals surface area contributed by atoms with Gasteiger partial charge >= 0.3 is 6.03 Å². The molecule has 0 unspecified atom stereocenters. The summed E-state index contributed by atoms with van der Waals surface area (Å²) in [7, 11) is 1.56. The van der Waals surface area contributed by atoms with Crippen molar-refractivity contribution in [2.45, 2.75) is 32.2 Å². The van der Waals surface area contributed by atoms with Crippen LogP contribution >= 0.6 is 0 Å². The van der Waals surface area contributed by atoms with Crippen LogP contribution in [0.1, 0.15) is 31.2 Å². The predicted octanol–water partition coefficient (Wildman–Crippen LogP) is 3.74. The summed E-state index contributed by atoms with van der Waals surface area (Å²) in [6.45, 7) is 3.38. The first-order valence-electron chi connectivity index (χ1n) is 10.5. The van der Waals surface area contributed by atoms with Gasteiger partial charge in [-0.2, -0.15) is 0 Å². The molecule has 0 aliphatic carbocycles. The van der Waals surface area contributed by atoms with Crippen molar-refractivity contribution in [3.63, 3.8) is 0 Å². The second kappa shape index (κ2) is 9.07. The number of carbonyl (C=O) groups excluding carboxylic acids is 2. The Kier molecular flexibility index (Phi) is 6.07. The highest BCUT2D eigenvalue weighted by molar-refractivity contribution is 5.97. The Morgan fingerprint density at radius 3 is 2.47 bits per heavy atom. The fraction of sp³-hybridized carbons (Fsp3) is 0.391. The van der Waals surface area contributed by atoms with Crippen LogP contribution in [0.4, 0.5) is 21.9 Å². The van der Waals surface area contributed by atoms with Crippen LogP contribution < -0.4 is 25.2 Å². The summed E-state index contributed by atoms with van der Waals surface area (Å²) in [5.41, 5.74) is 3.64. The van der Waals surface area contributed by atoms with E-state index >= 15 is 0 Å². The number of anilines is 3. The molecule has 2 saturated heterocycles. The molecular formula is C23H28N4O3. The molecule has 0 aromatic heterocycles. The lowest BCUT2D eigenvalue weighted by molar-refractivity contribution is -0.117. The van der Waals surface area contributed by atoms with Crippen molar-refractivity contribution in [1.82, 2.24) is 5.32 Å². The molecule has 7 heteroatoms. The predicted molar refractivity (Wildman–Crippen MR) is 118 cm³/mol. The SMILES string of the molecule is COc1cc(NC(=O)NCc2ccc(N3CCCC3)cc2)ccc1N1CCCC1=O. The number of carbonyl (C=O) groups is 2. The van der Waals surface area contributed by atoms with Crippen LogP contribution in [0.5, 0.6) is 5.75 Å². The number of hydrogen-bond donors (Lipinski definition) is 2. The van der Waals surface area contributed by atoms with Gasteiger partial charge in [0.05, 0.1) is 12.8 Å². The van der Waals surface area contributed by atoms with Crippen LogP contribution in [0.25, 0.3) is 0 Å². The number of hydrogen-bond acceptors (Lipinski definition) is 4. The Morgan fingerprint density at radius 1 is 1.03 bits per heavy atom. The van der Waals surface area contributed by atoms with E-state index in [2.05, 4.69) is 39.8 Å². The summed E-state index contributed by atoms with van der Waals surface area (Å²) in [6, 6.07) is 13.4. The number of amides is 3. The first-order valence-corrected chi connectivity index (χ1v) is 10.5. The average Bonchev–Trinajstić information content (AvgIpc) is 3.45. The molecule has 0 saturated carbocycles. The zero-order valence-electron chi connectivity index (χ0n) is 17.3. The lowest BCUT2D eigenvalue weighted by Crippen LogP contribution is -2.28. The third kappa shape index (κ3) is 4.50. The molecule has 4 rings (SSSR count). The quantitative estimate of drug-likeness (QED) is 0.764. The summed E-state index contributed by atoms with van der Waals surface area (Å²) in [4.78, 5) is 28.4. The minimum atomic E-state index is -0.286. The van der Waals surface area contributed by atoms with Crippen LogP contribution in [-0.4, -0.2) is 38.7 Å². The van der Waals surface area contributed by atoms with Gasteiger partial charge < -0.3 is 25.2 Å². The molecule has 0 radical (unpaired) electrons. The van der Waals surface area contributed by atoms with Gasteiger partial charge in [0, 0.05) is 50.0 Å². The van der Waals surface area contributed by atoms with Crippen molar-refractivity contribution in [1.29, 1.82) is 0 Å². The summed E-state index contributed by atoms with van der Waals surface area (Å²) in [5, 5.41) is 5.71. The Bertz CT molecular complexity index is 907. The van der Waals surface area contributed by atoms with Crippen molar-refractivity contribution in [2.24, 2.45) is 0 Å².